The highest BCUT2D eigenvalue weighted by Gasteiger charge is 2.29. The molecule has 6 nitrogen and oxygen atoms in total. The van der Waals surface area contributed by atoms with Crippen LogP contribution in [0.3, 0.4) is 0 Å². The van der Waals surface area contributed by atoms with Crippen molar-refractivity contribution in [3.63, 3.8) is 0 Å². The van der Waals surface area contributed by atoms with E-state index < -0.39 is 15.8 Å². The molecule has 0 bridgehead atoms. The Morgan fingerprint density at radius 1 is 1.25 bits per heavy atom. The molecule has 130 valence electrons. The standard InChI is InChI=1S/C16H20FN3O3S/c1-12-18-16(19-23-12)7-2-13-8-10-20(11-9-13)24(21,22)15-5-3-14(17)4-6-15/h3-6,13H,2,7-11H2,1H3. The number of piperidine rings is 1. The maximum atomic E-state index is 13.0. The van der Waals surface area contributed by atoms with Crippen LogP contribution in [0.25, 0.3) is 0 Å². The Morgan fingerprint density at radius 2 is 1.92 bits per heavy atom. The van der Waals surface area contributed by atoms with Gasteiger partial charge in [0.2, 0.25) is 15.9 Å². The van der Waals surface area contributed by atoms with Gasteiger partial charge in [0, 0.05) is 26.4 Å². The van der Waals surface area contributed by atoms with Crippen molar-refractivity contribution in [1.82, 2.24) is 14.4 Å². The van der Waals surface area contributed by atoms with Crippen molar-refractivity contribution < 1.29 is 17.3 Å². The summed E-state index contributed by atoms with van der Waals surface area (Å²) in [6.45, 7) is 2.72. The molecule has 0 radical (unpaired) electrons. The summed E-state index contributed by atoms with van der Waals surface area (Å²) in [4.78, 5) is 4.32. The minimum absolute atomic E-state index is 0.143. The lowest BCUT2D eigenvalue weighted by Gasteiger charge is -2.31. The fourth-order valence-corrected chi connectivity index (χ4v) is 4.44. The van der Waals surface area contributed by atoms with Crippen molar-refractivity contribution in [2.75, 3.05) is 13.1 Å². The lowest BCUT2D eigenvalue weighted by atomic mass is 9.93. The fraction of sp³-hybridized carbons (Fsp3) is 0.500. The normalized spacial score (nSPS) is 17.2. The largest absolute Gasteiger partial charge is 0.340 e. The quantitative estimate of drug-likeness (QED) is 0.826. The maximum absolute atomic E-state index is 13.0. The number of sulfonamides is 1. The van der Waals surface area contributed by atoms with E-state index in [1.165, 1.54) is 28.6 Å². The molecule has 0 saturated carbocycles. The summed E-state index contributed by atoms with van der Waals surface area (Å²) in [5, 5.41) is 3.88. The average molecular weight is 353 g/mol. The Labute approximate surface area is 140 Å². The van der Waals surface area contributed by atoms with Gasteiger partial charge >= 0.3 is 0 Å². The molecule has 3 rings (SSSR count). The molecule has 0 unspecified atom stereocenters. The van der Waals surface area contributed by atoms with Crippen LogP contribution in [-0.4, -0.2) is 36.0 Å². The molecule has 1 aromatic heterocycles. The summed E-state index contributed by atoms with van der Waals surface area (Å²) in [7, 11) is -3.54. The SMILES string of the molecule is Cc1nc(CCC2CCN(S(=O)(=O)c3ccc(F)cc3)CC2)no1. The van der Waals surface area contributed by atoms with Gasteiger partial charge in [-0.2, -0.15) is 9.29 Å². The average Bonchev–Trinajstić information content (AvgIpc) is 2.99. The highest BCUT2D eigenvalue weighted by molar-refractivity contribution is 7.89. The van der Waals surface area contributed by atoms with Crippen LogP contribution >= 0.6 is 0 Å². The molecule has 8 heteroatoms. The smallest absolute Gasteiger partial charge is 0.243 e. The first-order valence-corrected chi connectivity index (χ1v) is 9.44. The molecule has 24 heavy (non-hydrogen) atoms. The van der Waals surface area contributed by atoms with E-state index in [0.717, 1.165) is 25.7 Å². The van der Waals surface area contributed by atoms with E-state index >= 15 is 0 Å². The summed E-state index contributed by atoms with van der Waals surface area (Å²) >= 11 is 0. The predicted octanol–water partition coefficient (Wildman–Crippen LogP) is 2.55. The van der Waals surface area contributed by atoms with Gasteiger partial charge in [-0.05, 0) is 49.4 Å². The molecule has 0 aliphatic carbocycles. The third-order valence-corrected chi connectivity index (χ3v) is 6.28. The summed E-state index contributed by atoms with van der Waals surface area (Å²) in [6, 6.07) is 4.98. The molecule has 0 atom stereocenters. The molecule has 0 N–H and O–H groups in total. The van der Waals surface area contributed by atoms with Gasteiger partial charge in [0.1, 0.15) is 5.82 Å². The van der Waals surface area contributed by atoms with Gasteiger partial charge in [-0.15, -0.1) is 0 Å². The van der Waals surface area contributed by atoms with Gasteiger partial charge in [0.25, 0.3) is 0 Å². The highest BCUT2D eigenvalue weighted by atomic mass is 32.2. The summed E-state index contributed by atoms with van der Waals surface area (Å²) in [5.41, 5.74) is 0. The Balaban J connectivity index is 1.55. The van der Waals surface area contributed by atoms with Crippen molar-refractivity contribution in [3.05, 3.63) is 41.8 Å². The second kappa shape index (κ2) is 6.98. The number of nitrogens with zero attached hydrogens (tertiary/aromatic N) is 3. The highest BCUT2D eigenvalue weighted by Crippen LogP contribution is 2.26. The molecule has 2 heterocycles. The van der Waals surface area contributed by atoms with Crippen LogP contribution in [0, 0.1) is 18.7 Å². The molecule has 1 fully saturated rings. The number of aryl methyl sites for hydroxylation is 2. The zero-order valence-corrected chi connectivity index (χ0v) is 14.3. The Kier molecular flexibility index (Phi) is 4.96. The number of rotatable bonds is 5. The van der Waals surface area contributed by atoms with Gasteiger partial charge in [-0.3, -0.25) is 0 Å². The van der Waals surface area contributed by atoms with E-state index in [9.17, 15) is 12.8 Å². The van der Waals surface area contributed by atoms with Crippen molar-refractivity contribution in [2.45, 2.75) is 37.5 Å². The number of benzene rings is 1. The zero-order chi connectivity index (χ0) is 17.2. The van der Waals surface area contributed by atoms with Crippen LogP contribution in [0.4, 0.5) is 4.39 Å². The minimum Gasteiger partial charge on any atom is -0.340 e. The van der Waals surface area contributed by atoms with E-state index in [-0.39, 0.29) is 4.90 Å². The van der Waals surface area contributed by atoms with Crippen LogP contribution in [0.5, 0.6) is 0 Å². The first-order chi connectivity index (χ1) is 11.4. The number of hydrogen-bond donors (Lipinski definition) is 0. The summed E-state index contributed by atoms with van der Waals surface area (Å²) < 4.78 is 44.5. The van der Waals surface area contributed by atoms with Crippen molar-refractivity contribution in [3.8, 4) is 0 Å². The molecule has 1 aliphatic heterocycles. The molecule has 2 aromatic rings. The van der Waals surface area contributed by atoms with Crippen molar-refractivity contribution >= 4 is 10.0 Å². The second-order valence-electron chi connectivity index (χ2n) is 6.07. The fourth-order valence-electron chi connectivity index (χ4n) is 2.97. The number of hydrogen-bond acceptors (Lipinski definition) is 5. The zero-order valence-electron chi connectivity index (χ0n) is 13.5. The molecule has 0 amide bonds. The Hall–Kier alpha value is -1.80. The molecule has 1 aliphatic rings. The molecular weight excluding hydrogens is 333 g/mol. The van der Waals surface area contributed by atoms with Crippen LogP contribution in [0.1, 0.15) is 31.0 Å². The van der Waals surface area contributed by atoms with Gasteiger partial charge in [-0.1, -0.05) is 5.16 Å². The first kappa shape index (κ1) is 17.0. The minimum atomic E-state index is -3.54. The third kappa shape index (κ3) is 3.81. The maximum Gasteiger partial charge on any atom is 0.243 e. The summed E-state index contributed by atoms with van der Waals surface area (Å²) in [6.07, 6.45) is 3.27. The third-order valence-electron chi connectivity index (χ3n) is 4.37. The lowest BCUT2D eigenvalue weighted by Crippen LogP contribution is -2.38. The first-order valence-electron chi connectivity index (χ1n) is 8.00. The molecule has 1 aromatic carbocycles. The van der Waals surface area contributed by atoms with Crippen molar-refractivity contribution in [2.24, 2.45) is 5.92 Å². The van der Waals surface area contributed by atoms with E-state index in [1.807, 2.05) is 0 Å². The molecule has 0 spiro atoms. The predicted molar refractivity (Wildman–Crippen MR) is 85.2 cm³/mol. The van der Waals surface area contributed by atoms with E-state index in [4.69, 9.17) is 4.52 Å². The lowest BCUT2D eigenvalue weighted by molar-refractivity contribution is 0.262. The Morgan fingerprint density at radius 3 is 2.50 bits per heavy atom. The monoisotopic (exact) mass is 353 g/mol. The van der Waals surface area contributed by atoms with Crippen molar-refractivity contribution in [1.29, 1.82) is 0 Å². The van der Waals surface area contributed by atoms with Crippen LogP contribution in [-0.2, 0) is 16.4 Å². The van der Waals surface area contributed by atoms with Gasteiger partial charge < -0.3 is 4.52 Å². The van der Waals surface area contributed by atoms with Gasteiger partial charge in [0.05, 0.1) is 4.90 Å². The summed E-state index contributed by atoms with van der Waals surface area (Å²) in [5.74, 6) is 1.27. The molecule has 1 saturated heterocycles. The number of halogens is 1. The molecular formula is C16H20FN3O3S. The number of aromatic nitrogens is 2. The van der Waals surface area contributed by atoms with E-state index in [0.29, 0.717) is 30.7 Å². The second-order valence-corrected chi connectivity index (χ2v) is 8.01. The van der Waals surface area contributed by atoms with Crippen LogP contribution < -0.4 is 0 Å². The Bertz CT molecular complexity index is 781. The van der Waals surface area contributed by atoms with Crippen LogP contribution in [0.2, 0.25) is 0 Å². The van der Waals surface area contributed by atoms with Gasteiger partial charge in [0.15, 0.2) is 5.82 Å². The topological polar surface area (TPSA) is 76.3 Å². The van der Waals surface area contributed by atoms with Gasteiger partial charge in [-0.25, -0.2) is 12.8 Å². The van der Waals surface area contributed by atoms with Crippen LogP contribution in [0.15, 0.2) is 33.7 Å². The van der Waals surface area contributed by atoms with E-state index in [2.05, 4.69) is 10.1 Å². The van der Waals surface area contributed by atoms with E-state index in [1.54, 1.807) is 6.92 Å².